The van der Waals surface area contributed by atoms with E-state index in [1.165, 1.54) is 0 Å². The summed E-state index contributed by atoms with van der Waals surface area (Å²) in [6.45, 7) is 5.14. The van der Waals surface area contributed by atoms with Crippen molar-refractivity contribution in [1.82, 2.24) is 5.32 Å². The van der Waals surface area contributed by atoms with Gasteiger partial charge in [0.05, 0.1) is 5.54 Å². The number of hydrogen-bond donors (Lipinski definition) is 2. The standard InChI is InChI=1S/C14H20ClN3O.2ClH/c1-14(2,16)13(19)17-11-6-7-18(9-11)12-5-3-4-10(15)8-12;;/h3-5,8,11H,6-7,9,16H2,1-2H3,(H,17,19);2*1H. The topological polar surface area (TPSA) is 58.4 Å². The zero-order chi connectivity index (χ0) is 14.0. The molecule has 0 bridgehead atoms. The molecule has 7 heteroatoms. The van der Waals surface area contributed by atoms with E-state index in [0.29, 0.717) is 0 Å². The zero-order valence-electron chi connectivity index (χ0n) is 12.1. The Bertz CT molecular complexity index is 477. The van der Waals surface area contributed by atoms with E-state index in [0.717, 1.165) is 30.2 Å². The average molecular weight is 355 g/mol. The Labute approximate surface area is 143 Å². The summed E-state index contributed by atoms with van der Waals surface area (Å²) in [6, 6.07) is 7.92. The molecule has 0 radical (unpaired) electrons. The molecule has 0 aliphatic carbocycles. The average Bonchev–Trinajstić information content (AvgIpc) is 2.76. The molecule has 4 nitrogen and oxygen atoms in total. The third kappa shape index (κ3) is 5.55. The third-order valence-electron chi connectivity index (χ3n) is 3.28. The zero-order valence-corrected chi connectivity index (χ0v) is 14.5. The molecule has 1 aromatic rings. The van der Waals surface area contributed by atoms with Gasteiger partial charge in [0, 0.05) is 29.8 Å². The van der Waals surface area contributed by atoms with Crippen LogP contribution in [0.2, 0.25) is 5.02 Å². The maximum atomic E-state index is 11.8. The Hall–Kier alpha value is -0.680. The molecule has 1 aliphatic heterocycles. The van der Waals surface area contributed by atoms with Crippen LogP contribution in [0, 0.1) is 0 Å². The Morgan fingerprint density at radius 3 is 2.67 bits per heavy atom. The Morgan fingerprint density at radius 1 is 1.43 bits per heavy atom. The van der Waals surface area contributed by atoms with Crippen molar-refractivity contribution in [1.29, 1.82) is 0 Å². The largest absolute Gasteiger partial charge is 0.369 e. The van der Waals surface area contributed by atoms with Gasteiger partial charge in [-0.05, 0) is 38.5 Å². The summed E-state index contributed by atoms with van der Waals surface area (Å²) in [7, 11) is 0. The minimum absolute atomic E-state index is 0. The second kappa shape index (κ2) is 8.08. The molecule has 1 aromatic carbocycles. The summed E-state index contributed by atoms with van der Waals surface area (Å²) in [5, 5.41) is 3.72. The summed E-state index contributed by atoms with van der Waals surface area (Å²) in [5.74, 6) is -0.106. The molecule has 1 amide bonds. The first-order valence-electron chi connectivity index (χ1n) is 6.46. The number of hydrogen-bond acceptors (Lipinski definition) is 3. The second-order valence-corrected chi connectivity index (χ2v) is 6.04. The normalized spacial score (nSPS) is 17.7. The highest BCUT2D eigenvalue weighted by Crippen LogP contribution is 2.23. The highest BCUT2D eigenvalue weighted by Gasteiger charge is 2.28. The van der Waals surface area contributed by atoms with Crippen molar-refractivity contribution in [3.8, 4) is 0 Å². The Kier molecular flexibility index (Phi) is 7.82. The number of amides is 1. The van der Waals surface area contributed by atoms with E-state index in [-0.39, 0.29) is 36.8 Å². The maximum Gasteiger partial charge on any atom is 0.239 e. The van der Waals surface area contributed by atoms with Gasteiger partial charge in [-0.25, -0.2) is 0 Å². The Morgan fingerprint density at radius 2 is 2.10 bits per heavy atom. The Balaban J connectivity index is 0.00000200. The van der Waals surface area contributed by atoms with Crippen LogP contribution < -0.4 is 16.0 Å². The van der Waals surface area contributed by atoms with Gasteiger partial charge in [-0.3, -0.25) is 4.79 Å². The van der Waals surface area contributed by atoms with Crippen LogP contribution in [0.15, 0.2) is 24.3 Å². The molecule has 1 atom stereocenters. The number of halogens is 3. The molecule has 0 aromatic heterocycles. The van der Waals surface area contributed by atoms with Crippen molar-refractivity contribution >= 4 is 48.0 Å². The first-order valence-corrected chi connectivity index (χ1v) is 6.84. The van der Waals surface area contributed by atoms with Gasteiger partial charge < -0.3 is 16.0 Å². The van der Waals surface area contributed by atoms with E-state index in [1.54, 1.807) is 13.8 Å². The molecule has 2 rings (SSSR count). The summed E-state index contributed by atoms with van der Waals surface area (Å²) in [5.41, 5.74) is 6.04. The molecular formula is C14H22Cl3N3O. The van der Waals surface area contributed by atoms with Crippen molar-refractivity contribution in [3.05, 3.63) is 29.3 Å². The van der Waals surface area contributed by atoms with Crippen LogP contribution in [0.1, 0.15) is 20.3 Å². The van der Waals surface area contributed by atoms with Crippen LogP contribution in [0.25, 0.3) is 0 Å². The molecule has 1 fully saturated rings. The highest BCUT2D eigenvalue weighted by atomic mass is 35.5. The van der Waals surface area contributed by atoms with Crippen LogP contribution in [-0.2, 0) is 4.79 Å². The number of anilines is 1. The van der Waals surface area contributed by atoms with E-state index in [9.17, 15) is 4.79 Å². The number of nitrogens with one attached hydrogen (secondary N) is 1. The molecule has 120 valence electrons. The first kappa shape index (κ1) is 20.3. The lowest BCUT2D eigenvalue weighted by Gasteiger charge is -2.22. The van der Waals surface area contributed by atoms with Gasteiger partial charge in [0.15, 0.2) is 0 Å². The van der Waals surface area contributed by atoms with Crippen LogP contribution in [-0.4, -0.2) is 30.6 Å². The van der Waals surface area contributed by atoms with Crippen molar-refractivity contribution in [2.45, 2.75) is 31.8 Å². The summed E-state index contributed by atoms with van der Waals surface area (Å²) < 4.78 is 0. The first-order chi connectivity index (χ1) is 8.86. The van der Waals surface area contributed by atoms with Crippen molar-refractivity contribution in [3.63, 3.8) is 0 Å². The lowest BCUT2D eigenvalue weighted by Crippen LogP contribution is -2.52. The fraction of sp³-hybridized carbons (Fsp3) is 0.500. The van der Waals surface area contributed by atoms with Crippen LogP contribution >= 0.6 is 36.4 Å². The van der Waals surface area contributed by atoms with Gasteiger partial charge in [0.25, 0.3) is 0 Å². The highest BCUT2D eigenvalue weighted by molar-refractivity contribution is 6.30. The molecule has 1 aliphatic rings. The van der Waals surface area contributed by atoms with Crippen molar-refractivity contribution in [2.24, 2.45) is 5.73 Å². The molecule has 1 heterocycles. The minimum atomic E-state index is -0.830. The third-order valence-corrected chi connectivity index (χ3v) is 3.52. The van der Waals surface area contributed by atoms with E-state index in [1.807, 2.05) is 24.3 Å². The van der Waals surface area contributed by atoms with Crippen molar-refractivity contribution < 1.29 is 4.79 Å². The molecular weight excluding hydrogens is 333 g/mol. The van der Waals surface area contributed by atoms with Gasteiger partial charge in [0.1, 0.15) is 0 Å². The van der Waals surface area contributed by atoms with Gasteiger partial charge >= 0.3 is 0 Å². The number of rotatable bonds is 3. The van der Waals surface area contributed by atoms with E-state index >= 15 is 0 Å². The van der Waals surface area contributed by atoms with Crippen molar-refractivity contribution in [2.75, 3.05) is 18.0 Å². The molecule has 0 spiro atoms. The number of carbonyl (C=O) groups excluding carboxylic acids is 1. The molecule has 0 saturated carbocycles. The summed E-state index contributed by atoms with van der Waals surface area (Å²) in [6.07, 6.45) is 0.925. The molecule has 21 heavy (non-hydrogen) atoms. The fourth-order valence-electron chi connectivity index (χ4n) is 2.16. The monoisotopic (exact) mass is 353 g/mol. The van der Waals surface area contributed by atoms with Gasteiger partial charge in [-0.2, -0.15) is 0 Å². The molecule has 3 N–H and O–H groups in total. The maximum absolute atomic E-state index is 11.8. The number of nitrogens with two attached hydrogens (primary N) is 1. The van der Waals surface area contributed by atoms with E-state index in [2.05, 4.69) is 10.2 Å². The van der Waals surface area contributed by atoms with E-state index in [4.69, 9.17) is 17.3 Å². The molecule has 1 saturated heterocycles. The van der Waals surface area contributed by atoms with Gasteiger partial charge in [0.2, 0.25) is 5.91 Å². The van der Waals surface area contributed by atoms with E-state index < -0.39 is 5.54 Å². The lowest BCUT2D eigenvalue weighted by molar-refractivity contribution is -0.125. The van der Waals surface area contributed by atoms with Gasteiger partial charge in [-0.15, -0.1) is 24.8 Å². The van der Waals surface area contributed by atoms with Crippen LogP contribution in [0.4, 0.5) is 5.69 Å². The second-order valence-electron chi connectivity index (χ2n) is 5.61. The fourth-order valence-corrected chi connectivity index (χ4v) is 2.34. The number of carbonyl (C=O) groups is 1. The predicted octanol–water partition coefficient (Wildman–Crippen LogP) is 2.62. The lowest BCUT2D eigenvalue weighted by atomic mass is 10.1. The summed E-state index contributed by atoms with van der Waals surface area (Å²) >= 11 is 5.99. The number of nitrogens with zero attached hydrogens (tertiary/aromatic N) is 1. The van der Waals surface area contributed by atoms with Crippen LogP contribution in [0.3, 0.4) is 0 Å². The SMILES string of the molecule is CC(C)(N)C(=O)NC1CCN(c2cccc(Cl)c2)C1.Cl.Cl. The predicted molar refractivity (Wildman–Crippen MR) is 93.0 cm³/mol. The molecule has 1 unspecified atom stereocenters. The minimum Gasteiger partial charge on any atom is -0.369 e. The van der Waals surface area contributed by atoms with Crippen LogP contribution in [0.5, 0.6) is 0 Å². The smallest absolute Gasteiger partial charge is 0.239 e. The number of benzene rings is 1. The van der Waals surface area contributed by atoms with Gasteiger partial charge in [-0.1, -0.05) is 17.7 Å². The quantitative estimate of drug-likeness (QED) is 0.877. The summed E-state index contributed by atoms with van der Waals surface area (Å²) in [4.78, 5) is 14.1.